The Labute approximate surface area is 146 Å². The molecular weight excluding hydrogens is 322 g/mol. The molecule has 0 aliphatic heterocycles. The second-order valence-electron chi connectivity index (χ2n) is 5.33. The quantitative estimate of drug-likeness (QED) is 0.673. The Kier molecular flexibility index (Phi) is 6.42. The van der Waals surface area contributed by atoms with Crippen LogP contribution in [0.2, 0.25) is 0 Å². The maximum absolute atomic E-state index is 11.9. The molecule has 0 spiro atoms. The highest BCUT2D eigenvalue weighted by molar-refractivity contribution is 5.91. The van der Waals surface area contributed by atoms with E-state index in [2.05, 4.69) is 5.32 Å². The van der Waals surface area contributed by atoms with Gasteiger partial charge in [-0.15, -0.1) is 0 Å². The van der Waals surface area contributed by atoms with Gasteiger partial charge in [-0.2, -0.15) is 0 Å². The molecule has 0 saturated carbocycles. The summed E-state index contributed by atoms with van der Waals surface area (Å²) < 4.78 is 10.3. The second-order valence-corrected chi connectivity index (χ2v) is 5.33. The van der Waals surface area contributed by atoms with Crippen LogP contribution in [0.1, 0.15) is 17.2 Å². The van der Waals surface area contributed by atoms with Gasteiger partial charge in [-0.1, -0.05) is 18.2 Å². The number of nitrogens with one attached hydrogen (secondary N) is 1. The van der Waals surface area contributed by atoms with Crippen molar-refractivity contribution in [2.24, 2.45) is 0 Å². The predicted octanol–water partition coefficient (Wildman–Crippen LogP) is 2.62. The topological polar surface area (TPSA) is 88.0 Å². The molecule has 2 aromatic rings. The summed E-state index contributed by atoms with van der Waals surface area (Å²) in [4.78, 5) is 11.9. The molecule has 25 heavy (non-hydrogen) atoms. The molecule has 132 valence electrons. The average Bonchev–Trinajstić information content (AvgIpc) is 2.62. The zero-order chi connectivity index (χ0) is 18.2. The number of hydrogen-bond donors (Lipinski definition) is 3. The Morgan fingerprint density at radius 2 is 1.88 bits per heavy atom. The number of phenolic OH excluding ortho intramolecular Hbond substituents is 2. The van der Waals surface area contributed by atoms with Crippen molar-refractivity contribution in [3.63, 3.8) is 0 Å². The number of rotatable bonds is 7. The molecule has 0 bridgehead atoms. The summed E-state index contributed by atoms with van der Waals surface area (Å²) in [6.07, 6.45) is 2.66. The third-order valence-corrected chi connectivity index (χ3v) is 3.64. The Morgan fingerprint density at radius 3 is 2.48 bits per heavy atom. The van der Waals surface area contributed by atoms with Crippen LogP contribution in [0.25, 0.3) is 6.08 Å². The minimum Gasteiger partial charge on any atom is -0.508 e. The summed E-state index contributed by atoms with van der Waals surface area (Å²) in [6, 6.07) is 11.5. The molecule has 2 aromatic carbocycles. The fraction of sp³-hybridized carbons (Fsp3) is 0.211. The molecule has 3 N–H and O–H groups in total. The Hall–Kier alpha value is -2.99. The number of carbonyl (C=O) groups is 1. The zero-order valence-electron chi connectivity index (χ0n) is 14.1. The van der Waals surface area contributed by atoms with Gasteiger partial charge in [-0.3, -0.25) is 4.79 Å². The van der Waals surface area contributed by atoms with Crippen molar-refractivity contribution in [1.82, 2.24) is 5.32 Å². The molecule has 0 unspecified atom stereocenters. The van der Waals surface area contributed by atoms with E-state index in [1.807, 2.05) is 0 Å². The maximum atomic E-state index is 11.9. The van der Waals surface area contributed by atoms with Gasteiger partial charge >= 0.3 is 0 Å². The first-order chi connectivity index (χ1) is 12.0. The van der Waals surface area contributed by atoms with E-state index >= 15 is 0 Å². The van der Waals surface area contributed by atoms with Gasteiger partial charge in [0.2, 0.25) is 5.91 Å². The van der Waals surface area contributed by atoms with Crippen LogP contribution in [0.15, 0.2) is 48.5 Å². The van der Waals surface area contributed by atoms with Crippen LogP contribution >= 0.6 is 0 Å². The lowest BCUT2D eigenvalue weighted by atomic mass is 10.1. The van der Waals surface area contributed by atoms with Crippen LogP contribution in [0.3, 0.4) is 0 Å². The van der Waals surface area contributed by atoms with Crippen LogP contribution in [0.5, 0.6) is 17.2 Å². The van der Waals surface area contributed by atoms with Crippen molar-refractivity contribution >= 4 is 12.0 Å². The van der Waals surface area contributed by atoms with E-state index in [1.54, 1.807) is 49.6 Å². The standard InChI is InChI=1S/C19H21NO5/c1-24-17-9-3-13(11-16(17)22)4-10-19(23)20-12-18(25-2)14-5-7-15(21)8-6-14/h3-11,18,21-22H,12H2,1-2H3,(H,20,23)/b10-4+/t18-/m1/s1. The van der Waals surface area contributed by atoms with E-state index < -0.39 is 0 Å². The first kappa shape index (κ1) is 18.4. The molecule has 2 rings (SSSR count). The normalized spacial score (nSPS) is 12.1. The number of benzene rings is 2. The van der Waals surface area contributed by atoms with Crippen LogP contribution in [0, 0.1) is 0 Å². The predicted molar refractivity (Wildman–Crippen MR) is 94.6 cm³/mol. The van der Waals surface area contributed by atoms with E-state index in [-0.39, 0.29) is 30.1 Å². The Morgan fingerprint density at radius 1 is 1.16 bits per heavy atom. The van der Waals surface area contributed by atoms with Crippen LogP contribution in [0.4, 0.5) is 0 Å². The Balaban J connectivity index is 1.92. The average molecular weight is 343 g/mol. The highest BCUT2D eigenvalue weighted by atomic mass is 16.5. The van der Waals surface area contributed by atoms with Gasteiger partial charge in [0, 0.05) is 19.7 Å². The number of carbonyl (C=O) groups excluding carboxylic acids is 1. The SMILES string of the molecule is COc1ccc(/C=C/C(=O)NC[C@@H](OC)c2ccc(O)cc2)cc1O. The number of hydrogen-bond acceptors (Lipinski definition) is 5. The van der Waals surface area contributed by atoms with E-state index in [9.17, 15) is 15.0 Å². The molecule has 0 fully saturated rings. The van der Waals surface area contributed by atoms with E-state index in [4.69, 9.17) is 9.47 Å². The molecule has 0 aliphatic rings. The monoisotopic (exact) mass is 343 g/mol. The van der Waals surface area contributed by atoms with Gasteiger partial charge < -0.3 is 25.0 Å². The number of aromatic hydroxyl groups is 2. The summed E-state index contributed by atoms with van der Waals surface area (Å²) in [5.74, 6) is 0.278. The fourth-order valence-corrected chi connectivity index (χ4v) is 2.26. The molecule has 0 aromatic heterocycles. The number of amides is 1. The van der Waals surface area contributed by atoms with Crippen molar-refractivity contribution in [2.75, 3.05) is 20.8 Å². The Bertz CT molecular complexity index is 740. The van der Waals surface area contributed by atoms with Gasteiger partial charge in [0.15, 0.2) is 11.5 Å². The molecular formula is C19H21NO5. The molecule has 1 amide bonds. The first-order valence-electron chi connectivity index (χ1n) is 7.68. The molecule has 0 radical (unpaired) electrons. The summed E-state index contributed by atoms with van der Waals surface area (Å²) in [6.45, 7) is 0.290. The third kappa shape index (κ3) is 5.26. The van der Waals surface area contributed by atoms with Crippen LogP contribution < -0.4 is 10.1 Å². The number of methoxy groups -OCH3 is 2. The molecule has 0 aliphatic carbocycles. The van der Waals surface area contributed by atoms with Crippen molar-refractivity contribution in [3.05, 3.63) is 59.7 Å². The maximum Gasteiger partial charge on any atom is 0.244 e. The van der Waals surface area contributed by atoms with E-state index in [0.717, 1.165) is 5.56 Å². The summed E-state index contributed by atoms with van der Waals surface area (Å²) in [5.41, 5.74) is 1.53. The highest BCUT2D eigenvalue weighted by Crippen LogP contribution is 2.26. The van der Waals surface area contributed by atoms with E-state index in [0.29, 0.717) is 11.3 Å². The van der Waals surface area contributed by atoms with Crippen molar-refractivity contribution in [2.45, 2.75) is 6.10 Å². The first-order valence-corrected chi connectivity index (χ1v) is 7.68. The summed E-state index contributed by atoms with van der Waals surface area (Å²) >= 11 is 0. The number of phenols is 2. The number of ether oxygens (including phenoxy) is 2. The van der Waals surface area contributed by atoms with Gasteiger partial charge in [0.25, 0.3) is 0 Å². The molecule has 0 saturated heterocycles. The lowest BCUT2D eigenvalue weighted by molar-refractivity contribution is -0.117. The summed E-state index contributed by atoms with van der Waals surface area (Å²) in [7, 11) is 3.03. The van der Waals surface area contributed by atoms with Crippen molar-refractivity contribution in [1.29, 1.82) is 0 Å². The molecule has 1 atom stereocenters. The van der Waals surface area contributed by atoms with Gasteiger partial charge in [0.1, 0.15) is 5.75 Å². The molecule has 6 nitrogen and oxygen atoms in total. The van der Waals surface area contributed by atoms with Gasteiger partial charge in [-0.05, 0) is 41.5 Å². The highest BCUT2D eigenvalue weighted by Gasteiger charge is 2.11. The smallest absolute Gasteiger partial charge is 0.244 e. The van der Waals surface area contributed by atoms with Crippen LogP contribution in [-0.2, 0) is 9.53 Å². The van der Waals surface area contributed by atoms with Crippen molar-refractivity contribution in [3.8, 4) is 17.2 Å². The molecule has 6 heteroatoms. The fourth-order valence-electron chi connectivity index (χ4n) is 2.26. The largest absolute Gasteiger partial charge is 0.508 e. The van der Waals surface area contributed by atoms with Crippen LogP contribution in [-0.4, -0.2) is 36.9 Å². The lowest BCUT2D eigenvalue weighted by Crippen LogP contribution is -2.27. The zero-order valence-corrected chi connectivity index (χ0v) is 14.1. The minimum atomic E-state index is -0.317. The lowest BCUT2D eigenvalue weighted by Gasteiger charge is -2.16. The summed E-state index contributed by atoms with van der Waals surface area (Å²) in [5, 5.41) is 21.8. The van der Waals surface area contributed by atoms with Gasteiger partial charge in [0.05, 0.1) is 13.2 Å². The minimum absolute atomic E-state index is 0.0110. The van der Waals surface area contributed by atoms with Gasteiger partial charge in [-0.25, -0.2) is 0 Å². The third-order valence-electron chi connectivity index (χ3n) is 3.64. The van der Waals surface area contributed by atoms with E-state index in [1.165, 1.54) is 19.3 Å². The van der Waals surface area contributed by atoms with Crippen molar-refractivity contribution < 1.29 is 24.5 Å². The molecule has 0 heterocycles. The second kappa shape index (κ2) is 8.75.